The Labute approximate surface area is 150 Å². The van der Waals surface area contributed by atoms with Crippen LogP contribution in [0.25, 0.3) is 0 Å². The Kier molecular flexibility index (Phi) is 5.67. The van der Waals surface area contributed by atoms with Crippen LogP contribution in [-0.2, 0) is 19.3 Å². The molecule has 1 saturated heterocycles. The molecule has 2 aromatic carbocycles. The third kappa shape index (κ3) is 5.21. The summed E-state index contributed by atoms with van der Waals surface area (Å²) in [5.41, 5.74) is 1.31. The average molecular weight is 369 g/mol. The first-order valence-corrected chi connectivity index (χ1v) is 8.63. The number of halogens is 4. The monoisotopic (exact) mass is 368 g/mol. The highest BCUT2D eigenvalue weighted by atomic mass is 35.5. The molecule has 134 valence electrons. The second-order valence-electron chi connectivity index (χ2n) is 6.38. The summed E-state index contributed by atoms with van der Waals surface area (Å²) >= 11 is 6.01. The van der Waals surface area contributed by atoms with E-state index in [0.29, 0.717) is 12.1 Å². The maximum absolute atomic E-state index is 12.8. The molecule has 1 fully saturated rings. The van der Waals surface area contributed by atoms with E-state index in [0.717, 1.165) is 43.8 Å². The fourth-order valence-corrected chi connectivity index (χ4v) is 3.32. The summed E-state index contributed by atoms with van der Waals surface area (Å²) in [6.07, 6.45) is -4.29. The van der Waals surface area contributed by atoms with Gasteiger partial charge in [0.05, 0.1) is 5.56 Å². The standard InChI is InChI=1S/C19H20ClF3N2/c20-18-6-2-4-16(12-18)14-25-9-7-24(8-10-25)13-15-3-1-5-17(11-15)19(21,22)23/h1-6,11-12H,7-10,13-14H2. The Hall–Kier alpha value is -1.56. The zero-order valence-corrected chi connectivity index (χ0v) is 14.5. The Balaban J connectivity index is 1.53. The predicted molar refractivity (Wildman–Crippen MR) is 93.5 cm³/mol. The van der Waals surface area contributed by atoms with Crippen LogP contribution < -0.4 is 0 Å². The molecule has 0 saturated carbocycles. The Bertz CT molecular complexity index is 710. The molecule has 1 aliphatic heterocycles. The van der Waals surface area contributed by atoms with Crippen LogP contribution in [0, 0.1) is 0 Å². The normalized spacial score (nSPS) is 17.0. The highest BCUT2D eigenvalue weighted by molar-refractivity contribution is 6.30. The van der Waals surface area contributed by atoms with Gasteiger partial charge >= 0.3 is 6.18 Å². The molecule has 0 unspecified atom stereocenters. The van der Waals surface area contributed by atoms with Crippen LogP contribution >= 0.6 is 11.6 Å². The Morgan fingerprint density at radius 3 is 1.84 bits per heavy atom. The highest BCUT2D eigenvalue weighted by Crippen LogP contribution is 2.29. The van der Waals surface area contributed by atoms with E-state index in [1.807, 2.05) is 18.2 Å². The summed E-state index contributed by atoms with van der Waals surface area (Å²) in [6.45, 7) is 4.87. The maximum Gasteiger partial charge on any atom is 0.416 e. The van der Waals surface area contributed by atoms with E-state index in [1.165, 1.54) is 17.7 Å². The molecule has 0 N–H and O–H groups in total. The van der Waals surface area contributed by atoms with Crippen molar-refractivity contribution in [3.63, 3.8) is 0 Å². The van der Waals surface area contributed by atoms with Crippen molar-refractivity contribution < 1.29 is 13.2 Å². The molecule has 0 atom stereocenters. The van der Waals surface area contributed by atoms with Crippen molar-refractivity contribution in [3.8, 4) is 0 Å². The molecular formula is C19H20ClF3N2. The van der Waals surface area contributed by atoms with Crippen molar-refractivity contribution in [2.24, 2.45) is 0 Å². The van der Waals surface area contributed by atoms with E-state index in [2.05, 4.69) is 15.9 Å². The first-order chi connectivity index (χ1) is 11.9. The van der Waals surface area contributed by atoms with E-state index in [9.17, 15) is 13.2 Å². The maximum atomic E-state index is 12.8. The molecule has 1 heterocycles. The van der Waals surface area contributed by atoms with Crippen LogP contribution in [0.1, 0.15) is 16.7 Å². The van der Waals surface area contributed by atoms with E-state index >= 15 is 0 Å². The van der Waals surface area contributed by atoms with Crippen molar-refractivity contribution in [2.75, 3.05) is 26.2 Å². The topological polar surface area (TPSA) is 6.48 Å². The van der Waals surface area contributed by atoms with E-state index < -0.39 is 11.7 Å². The van der Waals surface area contributed by atoms with Gasteiger partial charge in [-0.3, -0.25) is 9.80 Å². The summed E-state index contributed by atoms with van der Waals surface area (Å²) < 4.78 is 38.4. The lowest BCUT2D eigenvalue weighted by Gasteiger charge is -2.34. The number of hydrogen-bond donors (Lipinski definition) is 0. The molecule has 0 aromatic heterocycles. The molecule has 0 amide bonds. The third-order valence-corrected chi connectivity index (χ3v) is 4.66. The second-order valence-corrected chi connectivity index (χ2v) is 6.82. The Morgan fingerprint density at radius 2 is 1.32 bits per heavy atom. The van der Waals surface area contributed by atoms with Gasteiger partial charge in [-0.2, -0.15) is 13.2 Å². The highest BCUT2D eigenvalue weighted by Gasteiger charge is 2.30. The molecule has 0 radical (unpaired) electrons. The molecule has 0 spiro atoms. The van der Waals surface area contributed by atoms with Crippen LogP contribution in [0.3, 0.4) is 0 Å². The number of nitrogens with zero attached hydrogens (tertiary/aromatic N) is 2. The van der Waals surface area contributed by atoms with E-state index in [4.69, 9.17) is 11.6 Å². The fraction of sp³-hybridized carbons (Fsp3) is 0.368. The van der Waals surface area contributed by atoms with Crippen molar-refractivity contribution in [3.05, 3.63) is 70.2 Å². The number of piperazine rings is 1. The molecule has 25 heavy (non-hydrogen) atoms. The molecular weight excluding hydrogens is 349 g/mol. The largest absolute Gasteiger partial charge is 0.416 e. The van der Waals surface area contributed by atoms with Crippen molar-refractivity contribution in [2.45, 2.75) is 19.3 Å². The van der Waals surface area contributed by atoms with Gasteiger partial charge in [0.15, 0.2) is 0 Å². The summed E-state index contributed by atoms with van der Waals surface area (Å²) in [4.78, 5) is 4.54. The lowest BCUT2D eigenvalue weighted by atomic mass is 10.1. The van der Waals surface area contributed by atoms with Gasteiger partial charge in [0.25, 0.3) is 0 Å². The molecule has 2 nitrogen and oxygen atoms in total. The van der Waals surface area contributed by atoms with E-state index in [-0.39, 0.29) is 0 Å². The molecule has 0 bridgehead atoms. The van der Waals surface area contributed by atoms with Gasteiger partial charge in [-0.15, -0.1) is 0 Å². The van der Waals surface area contributed by atoms with Crippen LogP contribution in [0.15, 0.2) is 48.5 Å². The lowest BCUT2D eigenvalue weighted by molar-refractivity contribution is -0.137. The van der Waals surface area contributed by atoms with Gasteiger partial charge in [0.2, 0.25) is 0 Å². The summed E-state index contributed by atoms with van der Waals surface area (Å²) in [5.74, 6) is 0. The van der Waals surface area contributed by atoms with Gasteiger partial charge in [-0.05, 0) is 29.3 Å². The van der Waals surface area contributed by atoms with Crippen LogP contribution in [0.4, 0.5) is 13.2 Å². The summed E-state index contributed by atoms with van der Waals surface area (Å²) in [5, 5.41) is 0.737. The minimum Gasteiger partial charge on any atom is -0.297 e. The Morgan fingerprint density at radius 1 is 0.800 bits per heavy atom. The zero-order chi connectivity index (χ0) is 17.9. The van der Waals surface area contributed by atoms with Crippen LogP contribution in [-0.4, -0.2) is 36.0 Å². The molecule has 6 heteroatoms. The van der Waals surface area contributed by atoms with Crippen molar-refractivity contribution in [1.29, 1.82) is 0 Å². The van der Waals surface area contributed by atoms with Gasteiger partial charge in [-0.1, -0.05) is 41.9 Å². The lowest BCUT2D eigenvalue weighted by Crippen LogP contribution is -2.45. The van der Waals surface area contributed by atoms with Crippen molar-refractivity contribution in [1.82, 2.24) is 9.80 Å². The van der Waals surface area contributed by atoms with Gasteiger partial charge in [0.1, 0.15) is 0 Å². The molecule has 1 aliphatic rings. The second kappa shape index (κ2) is 7.77. The van der Waals surface area contributed by atoms with E-state index in [1.54, 1.807) is 6.07 Å². The minimum absolute atomic E-state index is 0.551. The number of benzene rings is 2. The SMILES string of the molecule is FC(F)(F)c1cccc(CN2CCN(Cc3cccc(Cl)c3)CC2)c1. The van der Waals surface area contributed by atoms with Crippen LogP contribution in [0.2, 0.25) is 5.02 Å². The van der Waals surface area contributed by atoms with Gasteiger partial charge in [0, 0.05) is 44.3 Å². The average Bonchev–Trinajstić information content (AvgIpc) is 2.56. The third-order valence-electron chi connectivity index (χ3n) is 4.42. The quantitative estimate of drug-likeness (QED) is 0.773. The van der Waals surface area contributed by atoms with Gasteiger partial charge < -0.3 is 0 Å². The van der Waals surface area contributed by atoms with Crippen LogP contribution in [0.5, 0.6) is 0 Å². The first kappa shape index (κ1) is 18.2. The summed E-state index contributed by atoms with van der Waals surface area (Å²) in [7, 11) is 0. The smallest absolute Gasteiger partial charge is 0.297 e. The fourth-order valence-electron chi connectivity index (χ4n) is 3.10. The summed E-state index contributed by atoms with van der Waals surface area (Å²) in [6, 6.07) is 13.4. The number of alkyl halides is 3. The molecule has 2 aromatic rings. The predicted octanol–water partition coefficient (Wildman–Crippen LogP) is 4.68. The van der Waals surface area contributed by atoms with Crippen molar-refractivity contribution >= 4 is 11.6 Å². The first-order valence-electron chi connectivity index (χ1n) is 8.25. The number of rotatable bonds is 4. The zero-order valence-electron chi connectivity index (χ0n) is 13.8. The molecule has 0 aliphatic carbocycles. The minimum atomic E-state index is -4.29. The molecule has 3 rings (SSSR count). The number of hydrogen-bond acceptors (Lipinski definition) is 2. The van der Waals surface area contributed by atoms with Gasteiger partial charge in [-0.25, -0.2) is 0 Å².